The fraction of sp³-hybridized carbons (Fsp3) is 0.286. The van der Waals surface area contributed by atoms with Crippen molar-refractivity contribution in [1.29, 1.82) is 0 Å². The molecule has 2 aromatic rings. The molecule has 0 aliphatic carbocycles. The van der Waals surface area contributed by atoms with Crippen LogP contribution < -0.4 is 5.32 Å². The Labute approximate surface area is 105 Å². The summed E-state index contributed by atoms with van der Waals surface area (Å²) < 4.78 is 33.0. The molecule has 1 atom stereocenters. The first-order chi connectivity index (χ1) is 8.65. The predicted molar refractivity (Wildman–Crippen MR) is 65.3 cm³/mol. The van der Waals surface area contributed by atoms with Crippen molar-refractivity contribution < 1.29 is 13.2 Å². The third-order valence-electron chi connectivity index (χ3n) is 2.89. The molecule has 0 aliphatic heterocycles. The molecule has 0 bridgehead atoms. The van der Waals surface area contributed by atoms with E-state index < -0.39 is 17.7 Å². The molecule has 2 rings (SSSR count). The Morgan fingerprint density at radius 2 is 2.06 bits per heavy atom. The third kappa shape index (κ3) is 2.29. The molecule has 1 aromatic heterocycles. The summed E-state index contributed by atoms with van der Waals surface area (Å²) in [6, 6.07) is 3.90. The van der Waals surface area contributed by atoms with E-state index in [1.807, 2.05) is 6.92 Å². The van der Waals surface area contributed by atoms with Crippen molar-refractivity contribution >= 4 is 0 Å². The van der Waals surface area contributed by atoms with Crippen molar-refractivity contribution in [2.24, 2.45) is 0 Å². The van der Waals surface area contributed by atoms with Crippen molar-refractivity contribution in [2.75, 3.05) is 6.54 Å². The lowest BCUT2D eigenvalue weighted by Crippen LogP contribution is -2.24. The average molecular weight is 251 g/mol. The largest absolute Gasteiger partial charge is 0.472 e. The Morgan fingerprint density at radius 3 is 2.67 bits per heavy atom. The van der Waals surface area contributed by atoms with Gasteiger partial charge in [-0.05, 0) is 31.2 Å². The number of halogens is 2. The zero-order chi connectivity index (χ0) is 13.1. The van der Waals surface area contributed by atoms with E-state index in [1.54, 1.807) is 13.0 Å². The van der Waals surface area contributed by atoms with Gasteiger partial charge in [-0.2, -0.15) is 0 Å². The maximum Gasteiger partial charge on any atom is 0.134 e. The molecular weight excluding hydrogens is 236 g/mol. The predicted octanol–water partition coefficient (Wildman–Crippen LogP) is 3.57. The van der Waals surface area contributed by atoms with Crippen LogP contribution >= 0.6 is 0 Å². The highest BCUT2D eigenvalue weighted by Crippen LogP contribution is 2.28. The van der Waals surface area contributed by atoms with Crippen LogP contribution in [-0.2, 0) is 0 Å². The van der Waals surface area contributed by atoms with E-state index in [1.165, 1.54) is 24.7 Å². The van der Waals surface area contributed by atoms with Gasteiger partial charge in [0.15, 0.2) is 0 Å². The SMILES string of the molecule is CCNC(c1ccoc1)c1c(F)ccc(C)c1F. The number of hydrogen-bond acceptors (Lipinski definition) is 2. The van der Waals surface area contributed by atoms with Crippen LogP contribution in [0.1, 0.15) is 29.7 Å². The third-order valence-corrected chi connectivity index (χ3v) is 2.89. The van der Waals surface area contributed by atoms with Gasteiger partial charge in [-0.15, -0.1) is 0 Å². The molecule has 0 aliphatic rings. The molecule has 0 fully saturated rings. The highest BCUT2D eigenvalue weighted by Gasteiger charge is 2.23. The molecule has 18 heavy (non-hydrogen) atoms. The zero-order valence-corrected chi connectivity index (χ0v) is 10.3. The molecule has 0 spiro atoms. The fourth-order valence-corrected chi connectivity index (χ4v) is 1.97. The highest BCUT2D eigenvalue weighted by atomic mass is 19.1. The molecule has 0 amide bonds. The monoisotopic (exact) mass is 251 g/mol. The van der Waals surface area contributed by atoms with Crippen molar-refractivity contribution in [3.63, 3.8) is 0 Å². The first kappa shape index (κ1) is 12.8. The van der Waals surface area contributed by atoms with E-state index in [0.29, 0.717) is 17.7 Å². The second kappa shape index (κ2) is 5.31. The molecule has 0 saturated heterocycles. The standard InChI is InChI=1S/C14H15F2NO/c1-3-17-14(10-6-7-18-8-10)12-11(15)5-4-9(2)13(12)16/h4-8,14,17H,3H2,1-2H3. The topological polar surface area (TPSA) is 25.2 Å². The quantitative estimate of drug-likeness (QED) is 0.898. The van der Waals surface area contributed by atoms with Gasteiger partial charge in [0.1, 0.15) is 11.6 Å². The molecular formula is C14H15F2NO. The number of rotatable bonds is 4. The minimum atomic E-state index is -0.551. The summed E-state index contributed by atoms with van der Waals surface area (Å²) in [7, 11) is 0. The number of benzene rings is 1. The minimum Gasteiger partial charge on any atom is -0.472 e. The molecule has 4 heteroatoms. The molecule has 2 nitrogen and oxygen atoms in total. The molecule has 0 radical (unpaired) electrons. The van der Waals surface area contributed by atoms with Crippen LogP contribution in [0.5, 0.6) is 0 Å². The summed E-state index contributed by atoms with van der Waals surface area (Å²) in [5.74, 6) is -1.06. The Bertz CT molecular complexity index is 523. The van der Waals surface area contributed by atoms with Gasteiger partial charge in [-0.25, -0.2) is 8.78 Å². The van der Waals surface area contributed by atoms with Crippen LogP contribution in [0.3, 0.4) is 0 Å². The first-order valence-electron chi connectivity index (χ1n) is 5.85. The van der Waals surface area contributed by atoms with Gasteiger partial charge in [0, 0.05) is 11.1 Å². The van der Waals surface area contributed by atoms with Gasteiger partial charge in [-0.1, -0.05) is 13.0 Å². The van der Waals surface area contributed by atoms with Crippen LogP contribution in [0, 0.1) is 18.6 Å². The number of hydrogen-bond donors (Lipinski definition) is 1. The number of nitrogens with one attached hydrogen (secondary N) is 1. The van der Waals surface area contributed by atoms with Crippen molar-refractivity contribution in [1.82, 2.24) is 5.32 Å². The summed E-state index contributed by atoms with van der Waals surface area (Å²) >= 11 is 0. The molecule has 1 aromatic carbocycles. The highest BCUT2D eigenvalue weighted by molar-refractivity contribution is 5.35. The van der Waals surface area contributed by atoms with Gasteiger partial charge in [0.05, 0.1) is 18.6 Å². The number of furan rings is 1. The van der Waals surface area contributed by atoms with Gasteiger partial charge < -0.3 is 9.73 Å². The van der Waals surface area contributed by atoms with Gasteiger partial charge in [0.25, 0.3) is 0 Å². The Balaban J connectivity index is 2.52. The van der Waals surface area contributed by atoms with Gasteiger partial charge in [0.2, 0.25) is 0 Å². The summed E-state index contributed by atoms with van der Waals surface area (Å²) in [6.45, 7) is 4.11. The van der Waals surface area contributed by atoms with Crippen LogP contribution in [-0.4, -0.2) is 6.54 Å². The van der Waals surface area contributed by atoms with E-state index in [2.05, 4.69) is 5.32 Å². The van der Waals surface area contributed by atoms with Crippen LogP contribution in [0.15, 0.2) is 35.1 Å². The molecule has 1 N–H and O–H groups in total. The summed E-state index contributed by atoms with van der Waals surface area (Å²) in [6.07, 6.45) is 2.99. The van der Waals surface area contributed by atoms with Crippen LogP contribution in [0.4, 0.5) is 8.78 Å². The van der Waals surface area contributed by atoms with E-state index in [4.69, 9.17) is 4.42 Å². The smallest absolute Gasteiger partial charge is 0.134 e. The minimum absolute atomic E-state index is 0.0400. The molecule has 1 heterocycles. The Morgan fingerprint density at radius 1 is 1.28 bits per heavy atom. The maximum atomic E-state index is 14.1. The van der Waals surface area contributed by atoms with Crippen molar-refractivity contribution in [3.05, 3.63) is 59.1 Å². The maximum absolute atomic E-state index is 14.1. The fourth-order valence-electron chi connectivity index (χ4n) is 1.97. The molecule has 0 saturated carbocycles. The van der Waals surface area contributed by atoms with Crippen molar-refractivity contribution in [2.45, 2.75) is 19.9 Å². The van der Waals surface area contributed by atoms with E-state index in [9.17, 15) is 8.78 Å². The van der Waals surface area contributed by atoms with Gasteiger partial charge >= 0.3 is 0 Å². The molecule has 1 unspecified atom stereocenters. The number of aryl methyl sites for hydroxylation is 1. The van der Waals surface area contributed by atoms with E-state index in [-0.39, 0.29) is 5.56 Å². The second-order valence-corrected chi connectivity index (χ2v) is 4.14. The summed E-state index contributed by atoms with van der Waals surface area (Å²) in [5.41, 5.74) is 1.18. The lowest BCUT2D eigenvalue weighted by molar-refractivity contribution is 0.500. The van der Waals surface area contributed by atoms with Crippen LogP contribution in [0.2, 0.25) is 0 Å². The molecule has 96 valence electrons. The Kier molecular flexibility index (Phi) is 3.77. The lowest BCUT2D eigenvalue weighted by atomic mass is 9.98. The van der Waals surface area contributed by atoms with Gasteiger partial charge in [-0.3, -0.25) is 0 Å². The van der Waals surface area contributed by atoms with Crippen LogP contribution in [0.25, 0.3) is 0 Å². The second-order valence-electron chi connectivity index (χ2n) is 4.14. The zero-order valence-electron chi connectivity index (χ0n) is 10.3. The average Bonchev–Trinajstić information content (AvgIpc) is 2.87. The summed E-state index contributed by atoms with van der Waals surface area (Å²) in [5, 5.41) is 3.07. The summed E-state index contributed by atoms with van der Waals surface area (Å²) in [4.78, 5) is 0. The Hall–Kier alpha value is -1.68. The van der Waals surface area contributed by atoms with E-state index >= 15 is 0 Å². The van der Waals surface area contributed by atoms with E-state index in [0.717, 1.165) is 0 Å². The first-order valence-corrected chi connectivity index (χ1v) is 5.85. The van der Waals surface area contributed by atoms with Crippen molar-refractivity contribution in [3.8, 4) is 0 Å². The normalized spacial score (nSPS) is 12.7. The lowest BCUT2D eigenvalue weighted by Gasteiger charge is -2.19.